The molecule has 0 spiro atoms. The molecular weight excluding hydrogens is 396 g/mol. The Bertz CT molecular complexity index is 749. The molecule has 2 atom stereocenters. The number of amides is 1. The minimum Gasteiger partial charge on any atom is -0.420 e. The normalized spacial score (nSPS) is 12.6. The molecule has 27 heavy (non-hydrogen) atoms. The van der Waals surface area contributed by atoms with E-state index in [1.165, 1.54) is 12.4 Å². The first-order valence-corrected chi connectivity index (χ1v) is 8.50. The molecule has 1 aromatic heterocycles. The molecule has 1 amide bonds. The van der Waals surface area contributed by atoms with Crippen molar-refractivity contribution < 1.29 is 13.9 Å². The van der Waals surface area contributed by atoms with Gasteiger partial charge in [-0.05, 0) is 19.4 Å². The van der Waals surface area contributed by atoms with Crippen LogP contribution in [0.4, 0.5) is 10.1 Å². The van der Waals surface area contributed by atoms with Crippen LogP contribution in [0.5, 0.6) is 11.8 Å². The van der Waals surface area contributed by atoms with Gasteiger partial charge in [0.05, 0.1) is 23.1 Å². The number of anilines is 1. The van der Waals surface area contributed by atoms with Gasteiger partial charge in [-0.25, -0.2) is 14.4 Å². The SMILES string of the molecule is CC[C@@H](N[C@H](C)CNC=O)c1ccc(Cl)c(Oc2ncc(N)cn2)c1F.Cl. The van der Waals surface area contributed by atoms with Gasteiger partial charge in [0, 0.05) is 24.2 Å². The van der Waals surface area contributed by atoms with Crippen LogP contribution in [0.25, 0.3) is 0 Å². The molecule has 0 bridgehead atoms. The zero-order valence-corrected chi connectivity index (χ0v) is 16.5. The van der Waals surface area contributed by atoms with Crippen LogP contribution in [-0.2, 0) is 4.79 Å². The average Bonchev–Trinajstić information content (AvgIpc) is 2.63. The molecular formula is C17H22Cl2FN5O2. The van der Waals surface area contributed by atoms with Crippen LogP contribution in [-0.4, -0.2) is 29.0 Å². The lowest BCUT2D eigenvalue weighted by Crippen LogP contribution is -2.38. The van der Waals surface area contributed by atoms with Crippen molar-refractivity contribution in [3.05, 3.63) is 40.9 Å². The molecule has 2 rings (SSSR count). The van der Waals surface area contributed by atoms with Crippen molar-refractivity contribution in [2.75, 3.05) is 12.3 Å². The predicted molar refractivity (Wildman–Crippen MR) is 105 cm³/mol. The lowest BCUT2D eigenvalue weighted by atomic mass is 10.0. The van der Waals surface area contributed by atoms with E-state index >= 15 is 4.39 Å². The number of ether oxygens (including phenoxy) is 1. The highest BCUT2D eigenvalue weighted by molar-refractivity contribution is 6.32. The van der Waals surface area contributed by atoms with Gasteiger partial charge in [-0.2, -0.15) is 0 Å². The minimum atomic E-state index is -0.590. The van der Waals surface area contributed by atoms with Gasteiger partial charge in [0.25, 0.3) is 0 Å². The molecule has 10 heteroatoms. The van der Waals surface area contributed by atoms with Gasteiger partial charge in [-0.1, -0.05) is 24.6 Å². The molecule has 0 fully saturated rings. The Hall–Kier alpha value is -2.16. The Morgan fingerprint density at radius 1 is 1.37 bits per heavy atom. The molecule has 2 aromatic rings. The molecule has 1 heterocycles. The molecule has 1 aromatic carbocycles. The highest BCUT2D eigenvalue weighted by Gasteiger charge is 2.22. The van der Waals surface area contributed by atoms with E-state index in [-0.39, 0.29) is 41.3 Å². The fourth-order valence-corrected chi connectivity index (χ4v) is 2.62. The van der Waals surface area contributed by atoms with E-state index in [0.717, 1.165) is 0 Å². The molecule has 0 saturated heterocycles. The molecule has 0 saturated carbocycles. The van der Waals surface area contributed by atoms with Gasteiger partial charge in [0.1, 0.15) is 0 Å². The zero-order valence-electron chi connectivity index (χ0n) is 14.9. The van der Waals surface area contributed by atoms with E-state index in [2.05, 4.69) is 20.6 Å². The number of hydrogen-bond acceptors (Lipinski definition) is 6. The van der Waals surface area contributed by atoms with E-state index in [9.17, 15) is 4.79 Å². The van der Waals surface area contributed by atoms with Crippen LogP contribution in [0, 0.1) is 5.82 Å². The number of halogens is 3. The number of hydrogen-bond donors (Lipinski definition) is 3. The first-order chi connectivity index (χ1) is 12.5. The summed E-state index contributed by atoms with van der Waals surface area (Å²) in [5.74, 6) is -0.735. The lowest BCUT2D eigenvalue weighted by molar-refractivity contribution is -0.109. The van der Waals surface area contributed by atoms with Gasteiger partial charge in [0.15, 0.2) is 11.6 Å². The molecule has 0 unspecified atom stereocenters. The van der Waals surface area contributed by atoms with E-state index < -0.39 is 5.82 Å². The maximum Gasteiger partial charge on any atom is 0.322 e. The number of rotatable bonds is 9. The third-order valence-electron chi connectivity index (χ3n) is 3.70. The van der Waals surface area contributed by atoms with Gasteiger partial charge in [-0.15, -0.1) is 12.4 Å². The molecule has 7 nitrogen and oxygen atoms in total. The van der Waals surface area contributed by atoms with Crippen LogP contribution in [0.2, 0.25) is 5.02 Å². The lowest BCUT2D eigenvalue weighted by Gasteiger charge is -2.23. The van der Waals surface area contributed by atoms with Crippen LogP contribution in [0.1, 0.15) is 31.9 Å². The Morgan fingerprint density at radius 2 is 2.04 bits per heavy atom. The number of benzene rings is 1. The van der Waals surface area contributed by atoms with E-state index in [0.29, 0.717) is 30.6 Å². The fraction of sp³-hybridized carbons (Fsp3) is 0.353. The molecule has 4 N–H and O–H groups in total. The molecule has 0 radical (unpaired) electrons. The fourth-order valence-electron chi connectivity index (χ4n) is 2.44. The number of nitrogens with zero attached hydrogens (tertiary/aromatic N) is 2. The summed E-state index contributed by atoms with van der Waals surface area (Å²) in [6.07, 6.45) is 3.97. The van der Waals surface area contributed by atoms with Gasteiger partial charge in [-0.3, -0.25) is 4.79 Å². The summed E-state index contributed by atoms with van der Waals surface area (Å²) in [4.78, 5) is 18.2. The van der Waals surface area contributed by atoms with Crippen molar-refractivity contribution >= 4 is 36.1 Å². The standard InChI is InChI=1S/C17H21ClFN5O2.ClH/c1-3-14(24-10(2)6-21-9-25)12-4-5-13(18)16(15(12)19)26-17-22-7-11(20)8-23-17;/h4-5,7-10,14,24H,3,6,20H2,1-2H3,(H,21,25);1H/t10-,14-;/m1./s1. The van der Waals surface area contributed by atoms with E-state index in [1.54, 1.807) is 12.1 Å². The Labute approximate surface area is 168 Å². The molecule has 0 aliphatic heterocycles. The second-order valence-electron chi connectivity index (χ2n) is 5.74. The number of aromatic nitrogens is 2. The maximum absolute atomic E-state index is 15.0. The Balaban J connectivity index is 0.00000364. The second kappa shape index (κ2) is 10.9. The van der Waals surface area contributed by atoms with E-state index in [1.807, 2.05) is 13.8 Å². The van der Waals surface area contributed by atoms with Crippen LogP contribution < -0.4 is 21.1 Å². The summed E-state index contributed by atoms with van der Waals surface area (Å²) in [7, 11) is 0. The predicted octanol–water partition coefficient (Wildman–Crippen LogP) is 3.24. The van der Waals surface area contributed by atoms with Gasteiger partial charge in [0.2, 0.25) is 6.41 Å². The third kappa shape index (κ3) is 6.20. The minimum absolute atomic E-state index is 0. The second-order valence-corrected chi connectivity index (χ2v) is 6.14. The molecule has 0 aliphatic rings. The number of nitrogen functional groups attached to an aromatic ring is 1. The van der Waals surface area contributed by atoms with Crippen molar-refractivity contribution in [3.63, 3.8) is 0 Å². The van der Waals surface area contributed by atoms with E-state index in [4.69, 9.17) is 22.1 Å². The summed E-state index contributed by atoms with van der Waals surface area (Å²) in [5, 5.41) is 5.97. The highest BCUT2D eigenvalue weighted by atomic mass is 35.5. The van der Waals surface area contributed by atoms with Crippen LogP contribution in [0.3, 0.4) is 0 Å². The Kier molecular flexibility index (Phi) is 9.20. The first-order valence-electron chi connectivity index (χ1n) is 8.12. The van der Waals surface area contributed by atoms with Crippen LogP contribution >= 0.6 is 24.0 Å². The largest absolute Gasteiger partial charge is 0.420 e. The topological polar surface area (TPSA) is 102 Å². The highest BCUT2D eigenvalue weighted by Crippen LogP contribution is 2.35. The number of nitrogens with two attached hydrogens (primary N) is 1. The summed E-state index contributed by atoms with van der Waals surface area (Å²) in [6, 6.07) is 2.78. The molecule has 0 aliphatic carbocycles. The van der Waals surface area contributed by atoms with Crippen molar-refractivity contribution in [2.45, 2.75) is 32.4 Å². The van der Waals surface area contributed by atoms with Crippen LogP contribution in [0.15, 0.2) is 24.5 Å². The summed E-state index contributed by atoms with van der Waals surface area (Å²) in [6.45, 7) is 4.25. The van der Waals surface area contributed by atoms with Crippen molar-refractivity contribution in [1.29, 1.82) is 0 Å². The first kappa shape index (κ1) is 22.9. The quantitative estimate of drug-likeness (QED) is 0.541. The molecule has 148 valence electrons. The van der Waals surface area contributed by atoms with Gasteiger partial charge < -0.3 is 21.1 Å². The summed E-state index contributed by atoms with van der Waals surface area (Å²) >= 11 is 6.09. The number of carbonyl (C=O) groups is 1. The summed E-state index contributed by atoms with van der Waals surface area (Å²) in [5.41, 5.74) is 6.30. The van der Waals surface area contributed by atoms with Gasteiger partial charge >= 0.3 is 6.01 Å². The average molecular weight is 418 g/mol. The van der Waals surface area contributed by atoms with Crippen molar-refractivity contribution in [3.8, 4) is 11.8 Å². The Morgan fingerprint density at radius 3 is 2.63 bits per heavy atom. The summed E-state index contributed by atoms with van der Waals surface area (Å²) < 4.78 is 20.5. The van der Waals surface area contributed by atoms with Crippen molar-refractivity contribution in [1.82, 2.24) is 20.6 Å². The van der Waals surface area contributed by atoms with Crippen molar-refractivity contribution in [2.24, 2.45) is 0 Å². The monoisotopic (exact) mass is 417 g/mol. The number of nitrogens with one attached hydrogen (secondary N) is 2. The third-order valence-corrected chi connectivity index (χ3v) is 3.99. The number of carbonyl (C=O) groups excluding carboxylic acids is 1. The maximum atomic E-state index is 15.0. The zero-order chi connectivity index (χ0) is 19.1. The smallest absolute Gasteiger partial charge is 0.322 e.